The fourth-order valence-corrected chi connectivity index (χ4v) is 1.84. The fraction of sp³-hybridized carbons (Fsp3) is 0.231. The van der Waals surface area contributed by atoms with Crippen molar-refractivity contribution in [2.45, 2.75) is 12.8 Å². The van der Waals surface area contributed by atoms with E-state index in [1.807, 2.05) is 18.2 Å². The quantitative estimate of drug-likeness (QED) is 0.846. The van der Waals surface area contributed by atoms with Crippen LogP contribution in [-0.4, -0.2) is 16.5 Å². The highest BCUT2D eigenvalue weighted by Crippen LogP contribution is 2.22. The van der Waals surface area contributed by atoms with Crippen LogP contribution in [-0.2, 0) is 0 Å². The van der Waals surface area contributed by atoms with Crippen molar-refractivity contribution in [2.24, 2.45) is 5.73 Å². The Labute approximate surface area is 95.4 Å². The number of aryl methyl sites for hydroxylation is 1. The minimum Gasteiger partial charge on any atom is -0.329 e. The van der Waals surface area contributed by atoms with Crippen LogP contribution >= 0.6 is 0 Å². The topological polar surface area (TPSA) is 51.8 Å². The van der Waals surface area contributed by atoms with Gasteiger partial charge in [-0.25, -0.2) is 9.97 Å². The van der Waals surface area contributed by atoms with E-state index in [1.54, 1.807) is 12.4 Å². The maximum atomic E-state index is 5.83. The number of rotatable bonds is 3. The zero-order valence-electron chi connectivity index (χ0n) is 9.30. The van der Waals surface area contributed by atoms with Gasteiger partial charge in [0, 0.05) is 18.9 Å². The second-order valence-corrected chi connectivity index (χ2v) is 3.75. The van der Waals surface area contributed by atoms with Crippen molar-refractivity contribution in [3.63, 3.8) is 0 Å². The Hall–Kier alpha value is -1.74. The zero-order chi connectivity index (χ0) is 11.4. The van der Waals surface area contributed by atoms with E-state index < -0.39 is 0 Å². The highest BCUT2D eigenvalue weighted by molar-refractivity contribution is 5.33. The van der Waals surface area contributed by atoms with Crippen LogP contribution in [0.25, 0.3) is 0 Å². The van der Waals surface area contributed by atoms with Crippen molar-refractivity contribution < 1.29 is 0 Å². The van der Waals surface area contributed by atoms with Crippen molar-refractivity contribution in [2.75, 3.05) is 6.54 Å². The molecule has 1 aromatic carbocycles. The normalized spacial score (nSPS) is 12.4. The van der Waals surface area contributed by atoms with Gasteiger partial charge in [-0.2, -0.15) is 0 Å². The molecule has 0 amide bonds. The maximum absolute atomic E-state index is 5.83. The molecule has 0 spiro atoms. The van der Waals surface area contributed by atoms with Gasteiger partial charge in [0.05, 0.1) is 5.92 Å². The molecule has 1 unspecified atom stereocenters. The summed E-state index contributed by atoms with van der Waals surface area (Å²) >= 11 is 0. The maximum Gasteiger partial charge on any atom is 0.136 e. The monoisotopic (exact) mass is 213 g/mol. The van der Waals surface area contributed by atoms with Gasteiger partial charge >= 0.3 is 0 Å². The lowest BCUT2D eigenvalue weighted by molar-refractivity contribution is 0.745. The van der Waals surface area contributed by atoms with Gasteiger partial charge in [0.15, 0.2) is 0 Å². The average molecular weight is 213 g/mol. The summed E-state index contributed by atoms with van der Waals surface area (Å²) in [5.41, 5.74) is 8.26. The third-order valence-corrected chi connectivity index (χ3v) is 2.70. The Bertz CT molecular complexity index is 454. The molecule has 2 N–H and O–H groups in total. The van der Waals surface area contributed by atoms with Crippen LogP contribution in [0, 0.1) is 6.92 Å². The standard InChI is InChI=1S/C13H15N3/c1-10-5-2-3-6-11(10)12(9-14)13-15-7-4-8-16-13/h2-8,12H,9,14H2,1H3. The van der Waals surface area contributed by atoms with Gasteiger partial charge < -0.3 is 5.73 Å². The van der Waals surface area contributed by atoms with E-state index in [0.29, 0.717) is 6.54 Å². The van der Waals surface area contributed by atoms with E-state index >= 15 is 0 Å². The summed E-state index contributed by atoms with van der Waals surface area (Å²) in [5, 5.41) is 0. The van der Waals surface area contributed by atoms with Crippen LogP contribution in [0.5, 0.6) is 0 Å². The average Bonchev–Trinajstić information content (AvgIpc) is 2.34. The van der Waals surface area contributed by atoms with E-state index in [0.717, 1.165) is 5.82 Å². The smallest absolute Gasteiger partial charge is 0.136 e. The van der Waals surface area contributed by atoms with Crippen LogP contribution in [0.2, 0.25) is 0 Å². The van der Waals surface area contributed by atoms with Crippen molar-refractivity contribution in [1.29, 1.82) is 0 Å². The molecule has 0 aliphatic carbocycles. The van der Waals surface area contributed by atoms with Gasteiger partial charge in [-0.3, -0.25) is 0 Å². The summed E-state index contributed by atoms with van der Waals surface area (Å²) in [5.74, 6) is 0.877. The zero-order valence-corrected chi connectivity index (χ0v) is 9.30. The third-order valence-electron chi connectivity index (χ3n) is 2.70. The molecule has 0 saturated carbocycles. The lowest BCUT2D eigenvalue weighted by Gasteiger charge is -2.15. The van der Waals surface area contributed by atoms with Gasteiger partial charge in [-0.15, -0.1) is 0 Å². The highest BCUT2D eigenvalue weighted by atomic mass is 14.9. The first kappa shape index (κ1) is 10.8. The number of hydrogen-bond donors (Lipinski definition) is 1. The molecule has 2 aromatic rings. The molecule has 82 valence electrons. The summed E-state index contributed by atoms with van der Waals surface area (Å²) < 4.78 is 0. The molecule has 0 saturated heterocycles. The van der Waals surface area contributed by atoms with Crippen LogP contribution in [0.4, 0.5) is 0 Å². The van der Waals surface area contributed by atoms with E-state index in [1.165, 1.54) is 11.1 Å². The van der Waals surface area contributed by atoms with Crippen molar-refractivity contribution in [3.8, 4) is 0 Å². The molecule has 1 atom stereocenters. The Morgan fingerprint density at radius 2 is 1.81 bits per heavy atom. The largest absolute Gasteiger partial charge is 0.329 e. The van der Waals surface area contributed by atoms with Crippen LogP contribution in [0.3, 0.4) is 0 Å². The molecule has 1 heterocycles. The molecule has 1 aromatic heterocycles. The fourth-order valence-electron chi connectivity index (χ4n) is 1.84. The summed E-state index contributed by atoms with van der Waals surface area (Å²) in [6, 6.07) is 10.0. The van der Waals surface area contributed by atoms with E-state index in [-0.39, 0.29) is 5.92 Å². The lowest BCUT2D eigenvalue weighted by atomic mass is 9.94. The first-order valence-corrected chi connectivity index (χ1v) is 5.35. The van der Waals surface area contributed by atoms with Crippen LogP contribution in [0.1, 0.15) is 22.9 Å². The molecule has 0 fully saturated rings. The number of nitrogens with two attached hydrogens (primary N) is 1. The van der Waals surface area contributed by atoms with Crippen molar-refractivity contribution in [1.82, 2.24) is 9.97 Å². The molecular formula is C13H15N3. The van der Waals surface area contributed by atoms with Gasteiger partial charge in [0.1, 0.15) is 5.82 Å². The second-order valence-electron chi connectivity index (χ2n) is 3.75. The Morgan fingerprint density at radius 3 is 2.44 bits per heavy atom. The number of benzene rings is 1. The van der Waals surface area contributed by atoms with Gasteiger partial charge in [0.2, 0.25) is 0 Å². The van der Waals surface area contributed by atoms with Crippen LogP contribution in [0.15, 0.2) is 42.7 Å². The summed E-state index contributed by atoms with van der Waals surface area (Å²) in [6.07, 6.45) is 3.51. The predicted octanol–water partition coefficient (Wildman–Crippen LogP) is 1.88. The minimum atomic E-state index is 0.0856. The Kier molecular flexibility index (Phi) is 3.27. The predicted molar refractivity (Wildman–Crippen MR) is 64.1 cm³/mol. The van der Waals surface area contributed by atoms with Crippen molar-refractivity contribution >= 4 is 0 Å². The van der Waals surface area contributed by atoms with Crippen molar-refractivity contribution in [3.05, 3.63) is 59.7 Å². The molecule has 3 heteroatoms. The Morgan fingerprint density at radius 1 is 1.12 bits per heavy atom. The number of aromatic nitrogens is 2. The Balaban J connectivity index is 2.41. The molecule has 3 nitrogen and oxygen atoms in total. The minimum absolute atomic E-state index is 0.0856. The molecule has 0 aliphatic rings. The summed E-state index contributed by atoms with van der Waals surface area (Å²) in [7, 11) is 0. The summed E-state index contributed by atoms with van der Waals surface area (Å²) in [4.78, 5) is 8.55. The highest BCUT2D eigenvalue weighted by Gasteiger charge is 2.16. The first-order valence-electron chi connectivity index (χ1n) is 5.35. The summed E-state index contributed by atoms with van der Waals surface area (Å²) in [6.45, 7) is 2.61. The third kappa shape index (κ3) is 2.09. The van der Waals surface area contributed by atoms with E-state index in [2.05, 4.69) is 29.0 Å². The van der Waals surface area contributed by atoms with E-state index in [4.69, 9.17) is 5.73 Å². The molecule has 0 radical (unpaired) electrons. The molecule has 0 aliphatic heterocycles. The van der Waals surface area contributed by atoms with Gasteiger partial charge in [-0.1, -0.05) is 24.3 Å². The number of nitrogens with zero attached hydrogens (tertiary/aromatic N) is 2. The molecule has 0 bridgehead atoms. The number of hydrogen-bond acceptors (Lipinski definition) is 3. The molecular weight excluding hydrogens is 198 g/mol. The molecule has 2 rings (SSSR count). The van der Waals surface area contributed by atoms with E-state index in [9.17, 15) is 0 Å². The second kappa shape index (κ2) is 4.86. The van der Waals surface area contributed by atoms with Gasteiger partial charge in [-0.05, 0) is 24.1 Å². The SMILES string of the molecule is Cc1ccccc1C(CN)c1ncccn1. The lowest BCUT2D eigenvalue weighted by Crippen LogP contribution is -2.17. The first-order chi connectivity index (χ1) is 7.83. The van der Waals surface area contributed by atoms with Crippen LogP contribution < -0.4 is 5.73 Å². The molecule has 16 heavy (non-hydrogen) atoms. The van der Waals surface area contributed by atoms with Gasteiger partial charge in [0.25, 0.3) is 0 Å².